The maximum atomic E-state index is 11.5. The van der Waals surface area contributed by atoms with E-state index in [-0.39, 0.29) is 18.2 Å². The van der Waals surface area contributed by atoms with Crippen LogP contribution in [0.25, 0.3) is 11.3 Å². The van der Waals surface area contributed by atoms with Gasteiger partial charge < -0.3 is 9.47 Å². The number of rotatable bonds is 5. The Balaban J connectivity index is 1.67. The average molecular weight is 458 g/mol. The first-order valence-electron chi connectivity index (χ1n) is 10.1. The van der Waals surface area contributed by atoms with E-state index in [0.717, 1.165) is 22.5 Å². The predicted octanol–water partition coefficient (Wildman–Crippen LogP) is 5.36. The Morgan fingerprint density at radius 1 is 1.03 bits per heavy atom. The van der Waals surface area contributed by atoms with Crippen LogP contribution in [0.1, 0.15) is 12.5 Å². The van der Waals surface area contributed by atoms with Crippen molar-refractivity contribution in [2.45, 2.75) is 6.92 Å². The highest BCUT2D eigenvalue weighted by molar-refractivity contribution is 7.07. The van der Waals surface area contributed by atoms with E-state index < -0.39 is 4.92 Å². The molecular formula is C24H18N4O4S. The second kappa shape index (κ2) is 8.71. The molecule has 164 valence electrons. The lowest BCUT2D eigenvalue weighted by atomic mass is 10.1. The topological polar surface area (TPSA) is 91.2 Å². The van der Waals surface area contributed by atoms with Crippen molar-refractivity contribution in [3.8, 4) is 22.8 Å². The van der Waals surface area contributed by atoms with Gasteiger partial charge in [-0.2, -0.15) is 5.10 Å². The number of nitrogens with zero attached hydrogens (tertiary/aromatic N) is 4. The summed E-state index contributed by atoms with van der Waals surface area (Å²) in [5.41, 5.74) is 3.60. The van der Waals surface area contributed by atoms with Crippen LogP contribution in [0.15, 0.2) is 88.3 Å². The Hall–Kier alpha value is -4.24. The molecule has 0 unspecified atom stereocenters. The molecule has 0 atom stereocenters. The van der Waals surface area contributed by atoms with Crippen LogP contribution in [-0.4, -0.2) is 22.1 Å². The molecule has 0 spiro atoms. The molecule has 0 aliphatic carbocycles. The van der Waals surface area contributed by atoms with Gasteiger partial charge in [0.15, 0.2) is 11.5 Å². The summed E-state index contributed by atoms with van der Waals surface area (Å²) in [6.45, 7) is 2.09. The normalized spacial score (nSPS) is 13.4. The van der Waals surface area contributed by atoms with Gasteiger partial charge in [-0.3, -0.25) is 10.1 Å². The van der Waals surface area contributed by atoms with Crippen molar-refractivity contribution < 1.29 is 14.4 Å². The number of hydrogen-bond donors (Lipinski definition) is 0. The lowest BCUT2D eigenvalue weighted by Gasteiger charge is -2.07. The van der Waals surface area contributed by atoms with E-state index in [4.69, 9.17) is 14.6 Å². The molecule has 5 rings (SSSR count). The van der Waals surface area contributed by atoms with Crippen molar-refractivity contribution in [1.82, 2.24) is 4.68 Å². The molecule has 1 aromatic heterocycles. The highest BCUT2D eigenvalue weighted by Gasteiger charge is 2.16. The summed E-state index contributed by atoms with van der Waals surface area (Å²) in [5.74, 6) is 1.37. The number of nitro groups is 1. The third-order valence-corrected chi connectivity index (χ3v) is 5.91. The standard InChI is InChI=1S/C24H18N4O4S/c1-16(18-11-12-22-23(13-18)32-15-31-22)26-27-21(17-7-3-2-4-8-17)14-33-24(27)25-19-9-5-6-10-20(19)28(29)30/h2-14H,15H2,1H3. The lowest BCUT2D eigenvalue weighted by Crippen LogP contribution is -2.14. The predicted molar refractivity (Wildman–Crippen MR) is 126 cm³/mol. The van der Waals surface area contributed by atoms with Gasteiger partial charge in [-0.05, 0) is 31.2 Å². The van der Waals surface area contributed by atoms with E-state index in [1.807, 2.05) is 60.8 Å². The Kier molecular flexibility index (Phi) is 5.45. The molecule has 2 heterocycles. The van der Waals surface area contributed by atoms with Crippen LogP contribution in [0.3, 0.4) is 0 Å². The Bertz CT molecular complexity index is 1440. The van der Waals surface area contributed by atoms with E-state index in [9.17, 15) is 10.1 Å². The number of para-hydroxylation sites is 2. The first-order chi connectivity index (χ1) is 16.1. The minimum atomic E-state index is -0.435. The van der Waals surface area contributed by atoms with Crippen molar-refractivity contribution in [3.05, 3.63) is 98.7 Å². The van der Waals surface area contributed by atoms with Crippen molar-refractivity contribution in [2.24, 2.45) is 10.1 Å². The maximum absolute atomic E-state index is 11.5. The number of ether oxygens (including phenoxy) is 2. The molecule has 8 nitrogen and oxygen atoms in total. The van der Waals surface area contributed by atoms with Crippen LogP contribution in [0, 0.1) is 10.1 Å². The van der Waals surface area contributed by atoms with Gasteiger partial charge in [0.1, 0.15) is 5.69 Å². The molecule has 4 aromatic rings. The number of hydrogen-bond acceptors (Lipinski definition) is 7. The summed E-state index contributed by atoms with van der Waals surface area (Å²) in [6.07, 6.45) is 0. The molecule has 1 aliphatic heterocycles. The van der Waals surface area contributed by atoms with Gasteiger partial charge in [0.2, 0.25) is 11.6 Å². The summed E-state index contributed by atoms with van der Waals surface area (Å²) in [4.78, 5) is 16.2. The lowest BCUT2D eigenvalue weighted by molar-refractivity contribution is -0.384. The fourth-order valence-corrected chi connectivity index (χ4v) is 4.27. The molecule has 0 saturated carbocycles. The van der Waals surface area contributed by atoms with Crippen LogP contribution in [-0.2, 0) is 0 Å². The van der Waals surface area contributed by atoms with Crippen molar-refractivity contribution >= 4 is 28.4 Å². The van der Waals surface area contributed by atoms with Gasteiger partial charge >= 0.3 is 0 Å². The summed E-state index contributed by atoms with van der Waals surface area (Å²) in [6, 6.07) is 21.9. The number of thiazole rings is 1. The molecule has 33 heavy (non-hydrogen) atoms. The molecule has 1 aliphatic rings. The monoisotopic (exact) mass is 458 g/mol. The number of fused-ring (bicyclic) bond motifs is 1. The van der Waals surface area contributed by atoms with Crippen molar-refractivity contribution in [2.75, 3.05) is 6.79 Å². The van der Waals surface area contributed by atoms with E-state index in [1.54, 1.807) is 22.9 Å². The fourth-order valence-electron chi connectivity index (χ4n) is 3.43. The first kappa shape index (κ1) is 20.7. The molecule has 0 radical (unpaired) electrons. The largest absolute Gasteiger partial charge is 0.454 e. The van der Waals surface area contributed by atoms with Gasteiger partial charge in [-0.15, -0.1) is 11.3 Å². The second-order valence-electron chi connectivity index (χ2n) is 7.19. The molecule has 0 bridgehead atoms. The highest BCUT2D eigenvalue weighted by atomic mass is 32.1. The zero-order chi connectivity index (χ0) is 22.8. The summed E-state index contributed by atoms with van der Waals surface area (Å²) in [5, 5.41) is 18.3. The molecule has 9 heteroatoms. The minimum absolute atomic E-state index is 0.0600. The van der Waals surface area contributed by atoms with E-state index in [1.165, 1.54) is 17.4 Å². The summed E-state index contributed by atoms with van der Waals surface area (Å²) >= 11 is 1.37. The molecular weight excluding hydrogens is 440 g/mol. The average Bonchev–Trinajstić information content (AvgIpc) is 3.46. The van der Waals surface area contributed by atoms with E-state index >= 15 is 0 Å². The Morgan fingerprint density at radius 2 is 1.79 bits per heavy atom. The Morgan fingerprint density at radius 3 is 2.61 bits per heavy atom. The third-order valence-electron chi connectivity index (χ3n) is 5.09. The number of benzene rings is 3. The fraction of sp³-hybridized carbons (Fsp3) is 0.0833. The highest BCUT2D eigenvalue weighted by Crippen LogP contribution is 2.33. The number of aromatic nitrogens is 1. The second-order valence-corrected chi connectivity index (χ2v) is 8.03. The molecule has 0 fully saturated rings. The SMILES string of the molecule is CC(=Nn1c(-c2ccccc2)csc1=Nc1ccccc1[N+](=O)[O-])c1ccc2c(c1)OCO2. The van der Waals surface area contributed by atoms with Crippen LogP contribution < -0.4 is 14.3 Å². The minimum Gasteiger partial charge on any atom is -0.454 e. The zero-order valence-electron chi connectivity index (χ0n) is 17.5. The summed E-state index contributed by atoms with van der Waals surface area (Å²) in [7, 11) is 0. The van der Waals surface area contributed by atoms with Gasteiger partial charge in [0, 0.05) is 22.6 Å². The maximum Gasteiger partial charge on any atom is 0.294 e. The summed E-state index contributed by atoms with van der Waals surface area (Å²) < 4.78 is 12.6. The molecule has 0 N–H and O–H groups in total. The van der Waals surface area contributed by atoms with Crippen molar-refractivity contribution in [3.63, 3.8) is 0 Å². The van der Waals surface area contributed by atoms with E-state index in [2.05, 4.69) is 4.99 Å². The smallest absolute Gasteiger partial charge is 0.294 e. The van der Waals surface area contributed by atoms with Gasteiger partial charge in [0.05, 0.1) is 16.3 Å². The molecule has 0 amide bonds. The quantitative estimate of drug-likeness (QED) is 0.229. The van der Waals surface area contributed by atoms with Gasteiger partial charge in [-0.1, -0.05) is 42.5 Å². The van der Waals surface area contributed by atoms with Crippen LogP contribution >= 0.6 is 11.3 Å². The van der Waals surface area contributed by atoms with Crippen LogP contribution in [0.4, 0.5) is 11.4 Å². The molecule has 3 aromatic carbocycles. The molecule has 0 saturated heterocycles. The van der Waals surface area contributed by atoms with Gasteiger partial charge in [0.25, 0.3) is 5.69 Å². The number of nitro benzene ring substituents is 1. The zero-order valence-corrected chi connectivity index (χ0v) is 18.4. The Labute approximate surface area is 192 Å². The van der Waals surface area contributed by atoms with Crippen molar-refractivity contribution in [1.29, 1.82) is 0 Å². The van der Waals surface area contributed by atoms with E-state index in [0.29, 0.717) is 16.3 Å². The third kappa shape index (κ3) is 4.13. The van der Waals surface area contributed by atoms with Gasteiger partial charge in [-0.25, -0.2) is 9.67 Å². The van der Waals surface area contributed by atoms with Crippen LogP contribution in [0.2, 0.25) is 0 Å². The van der Waals surface area contributed by atoms with Crippen LogP contribution in [0.5, 0.6) is 11.5 Å². The first-order valence-corrected chi connectivity index (χ1v) is 11.0.